The molecule has 1 aromatic carbocycles. The lowest BCUT2D eigenvalue weighted by atomic mass is 9.88. The van der Waals surface area contributed by atoms with Crippen molar-refractivity contribution in [3.05, 3.63) is 40.8 Å². The summed E-state index contributed by atoms with van der Waals surface area (Å²) in [7, 11) is -0.264. The predicted octanol–water partition coefficient (Wildman–Crippen LogP) is 1.67. The highest BCUT2D eigenvalue weighted by Gasteiger charge is 2.43. The predicted molar refractivity (Wildman–Crippen MR) is 99.7 cm³/mol. The lowest BCUT2D eigenvalue weighted by Gasteiger charge is -2.31. The maximum Gasteiger partial charge on any atom is 0.336 e. The third kappa shape index (κ3) is 3.17. The molecule has 8 heteroatoms. The quantitative estimate of drug-likeness (QED) is 0.744. The van der Waals surface area contributed by atoms with Gasteiger partial charge in [0.2, 0.25) is 15.9 Å². The molecule has 1 saturated carbocycles. The second-order valence-corrected chi connectivity index (χ2v) is 9.60. The Kier molecular flexibility index (Phi) is 4.35. The molecular weight excluding hydrogens is 368 g/mol. The SMILES string of the molecule is CN1C[C@H]2C[C@@H](N(C)S(=O)(=O)c3ccc4oc(=O)ccc4c3)C[C@H]2CC1=O. The lowest BCUT2D eigenvalue weighted by Crippen LogP contribution is -2.39. The van der Waals surface area contributed by atoms with Crippen LogP contribution in [0.15, 0.2) is 44.4 Å². The Morgan fingerprint density at radius 2 is 1.85 bits per heavy atom. The first kappa shape index (κ1) is 18.2. The van der Waals surface area contributed by atoms with Gasteiger partial charge in [0.05, 0.1) is 4.90 Å². The fourth-order valence-corrected chi connectivity index (χ4v) is 5.77. The summed E-state index contributed by atoms with van der Waals surface area (Å²) >= 11 is 0. The van der Waals surface area contributed by atoms with E-state index in [1.54, 1.807) is 25.1 Å². The van der Waals surface area contributed by atoms with Crippen molar-refractivity contribution < 1.29 is 17.6 Å². The number of fused-ring (bicyclic) bond motifs is 2. The number of likely N-dealkylation sites (tertiary alicyclic amines) is 1. The van der Waals surface area contributed by atoms with Crippen molar-refractivity contribution in [1.29, 1.82) is 0 Å². The summed E-state index contributed by atoms with van der Waals surface area (Å²) in [6.45, 7) is 0.697. The minimum atomic E-state index is -3.68. The van der Waals surface area contributed by atoms with Crippen molar-refractivity contribution in [2.75, 3.05) is 20.6 Å². The zero-order chi connectivity index (χ0) is 19.3. The zero-order valence-electron chi connectivity index (χ0n) is 15.3. The van der Waals surface area contributed by atoms with E-state index in [1.807, 2.05) is 0 Å². The Balaban J connectivity index is 1.59. The van der Waals surface area contributed by atoms with Crippen LogP contribution in [0.2, 0.25) is 0 Å². The Morgan fingerprint density at radius 3 is 2.63 bits per heavy atom. The Morgan fingerprint density at radius 1 is 1.11 bits per heavy atom. The molecule has 1 aromatic heterocycles. The smallest absolute Gasteiger partial charge is 0.336 e. The summed E-state index contributed by atoms with van der Waals surface area (Å²) < 4.78 is 32.8. The molecule has 1 aliphatic heterocycles. The molecule has 0 spiro atoms. The number of carbonyl (C=O) groups is 1. The molecule has 2 aliphatic rings. The van der Waals surface area contributed by atoms with Crippen LogP contribution in [0.4, 0.5) is 0 Å². The fourth-order valence-electron chi connectivity index (χ4n) is 4.36. The molecule has 1 amide bonds. The van der Waals surface area contributed by atoms with Gasteiger partial charge in [-0.2, -0.15) is 4.31 Å². The monoisotopic (exact) mass is 390 g/mol. The topological polar surface area (TPSA) is 87.9 Å². The lowest BCUT2D eigenvalue weighted by molar-refractivity contribution is -0.134. The Bertz CT molecular complexity index is 1060. The van der Waals surface area contributed by atoms with Crippen LogP contribution >= 0.6 is 0 Å². The highest BCUT2D eigenvalue weighted by Crippen LogP contribution is 2.41. The maximum atomic E-state index is 13.1. The third-order valence-corrected chi connectivity index (χ3v) is 7.88. The molecule has 1 aliphatic carbocycles. The second kappa shape index (κ2) is 6.45. The van der Waals surface area contributed by atoms with Gasteiger partial charge in [-0.25, -0.2) is 13.2 Å². The van der Waals surface area contributed by atoms with Gasteiger partial charge in [-0.1, -0.05) is 0 Å². The summed E-state index contributed by atoms with van der Waals surface area (Å²) in [6, 6.07) is 7.23. The van der Waals surface area contributed by atoms with Gasteiger partial charge in [-0.15, -0.1) is 0 Å². The van der Waals surface area contributed by atoms with Gasteiger partial charge in [-0.3, -0.25) is 4.79 Å². The average Bonchev–Trinajstić information content (AvgIpc) is 3.03. The van der Waals surface area contributed by atoms with E-state index in [4.69, 9.17) is 4.42 Å². The minimum Gasteiger partial charge on any atom is -0.423 e. The van der Waals surface area contributed by atoms with Crippen LogP contribution in [0.1, 0.15) is 19.3 Å². The van der Waals surface area contributed by atoms with Crippen molar-refractivity contribution in [2.24, 2.45) is 11.8 Å². The average molecular weight is 390 g/mol. The molecular formula is C19H22N2O5S. The summed E-state index contributed by atoms with van der Waals surface area (Å²) in [6.07, 6.45) is 1.98. The zero-order valence-corrected chi connectivity index (χ0v) is 16.1. The van der Waals surface area contributed by atoms with Crippen LogP contribution in [0, 0.1) is 11.8 Å². The van der Waals surface area contributed by atoms with E-state index in [9.17, 15) is 18.0 Å². The van der Waals surface area contributed by atoms with Gasteiger partial charge in [0.25, 0.3) is 0 Å². The van der Waals surface area contributed by atoms with Crippen molar-refractivity contribution in [3.63, 3.8) is 0 Å². The summed E-state index contributed by atoms with van der Waals surface area (Å²) in [5.74, 6) is 0.738. The van der Waals surface area contributed by atoms with Gasteiger partial charge in [0.1, 0.15) is 5.58 Å². The van der Waals surface area contributed by atoms with Gasteiger partial charge >= 0.3 is 5.63 Å². The van der Waals surface area contributed by atoms with Crippen molar-refractivity contribution >= 4 is 26.9 Å². The van der Waals surface area contributed by atoms with E-state index in [1.165, 1.54) is 28.6 Å². The molecule has 0 unspecified atom stereocenters. The summed E-state index contributed by atoms with van der Waals surface area (Å²) in [4.78, 5) is 25.2. The largest absolute Gasteiger partial charge is 0.423 e. The summed E-state index contributed by atoms with van der Waals surface area (Å²) in [5.41, 5.74) is -0.110. The van der Waals surface area contributed by atoms with E-state index < -0.39 is 15.6 Å². The molecule has 2 fully saturated rings. The van der Waals surface area contributed by atoms with Crippen LogP contribution in [0.5, 0.6) is 0 Å². The molecule has 144 valence electrons. The van der Waals surface area contributed by atoms with Crippen molar-refractivity contribution in [1.82, 2.24) is 9.21 Å². The number of carbonyl (C=O) groups excluding carboxylic acids is 1. The maximum absolute atomic E-state index is 13.1. The third-order valence-electron chi connectivity index (χ3n) is 5.97. The number of rotatable bonds is 3. The van der Waals surface area contributed by atoms with Crippen LogP contribution in [0.3, 0.4) is 0 Å². The number of piperidine rings is 1. The molecule has 0 bridgehead atoms. The highest BCUT2D eigenvalue weighted by atomic mass is 32.2. The van der Waals surface area contributed by atoms with Crippen molar-refractivity contribution in [2.45, 2.75) is 30.2 Å². The first-order valence-corrected chi connectivity index (χ1v) is 10.5. The molecule has 3 atom stereocenters. The normalized spacial score (nSPS) is 26.0. The fraction of sp³-hybridized carbons (Fsp3) is 0.474. The van der Waals surface area contributed by atoms with Crippen LogP contribution in [-0.4, -0.2) is 50.2 Å². The van der Waals surface area contributed by atoms with E-state index >= 15 is 0 Å². The molecule has 1 saturated heterocycles. The van der Waals surface area contributed by atoms with Gasteiger partial charge < -0.3 is 9.32 Å². The van der Waals surface area contributed by atoms with Gasteiger partial charge in [0, 0.05) is 44.6 Å². The van der Waals surface area contributed by atoms with E-state index in [0.29, 0.717) is 36.3 Å². The number of sulfonamides is 1. The Hall–Kier alpha value is -2.19. The number of benzene rings is 1. The first-order valence-electron chi connectivity index (χ1n) is 9.01. The second-order valence-electron chi connectivity index (χ2n) is 7.60. The number of amides is 1. The standard InChI is InChI=1S/C19H22N2O5S/c1-20-11-14-8-15(7-13(14)10-18(20)22)21(2)27(24,25)16-4-5-17-12(9-16)3-6-19(23)26-17/h3-6,9,13-15H,7-8,10-11H2,1-2H3/t13-,14+,15-/m0/s1. The van der Waals surface area contributed by atoms with Crippen LogP contribution < -0.4 is 5.63 Å². The van der Waals surface area contributed by atoms with E-state index in [-0.39, 0.29) is 22.8 Å². The Labute approximate surface area is 157 Å². The van der Waals surface area contributed by atoms with E-state index in [0.717, 1.165) is 6.42 Å². The van der Waals surface area contributed by atoms with Crippen LogP contribution in [-0.2, 0) is 14.8 Å². The summed E-state index contributed by atoms with van der Waals surface area (Å²) in [5, 5.41) is 0.566. The number of hydrogen-bond donors (Lipinski definition) is 0. The minimum absolute atomic E-state index is 0.117. The van der Waals surface area contributed by atoms with Crippen molar-refractivity contribution in [3.8, 4) is 0 Å². The molecule has 0 N–H and O–H groups in total. The highest BCUT2D eigenvalue weighted by molar-refractivity contribution is 7.89. The molecule has 27 heavy (non-hydrogen) atoms. The van der Waals surface area contributed by atoms with Crippen LogP contribution in [0.25, 0.3) is 11.0 Å². The number of hydrogen-bond acceptors (Lipinski definition) is 5. The van der Waals surface area contributed by atoms with E-state index in [2.05, 4.69) is 0 Å². The molecule has 2 aromatic rings. The molecule has 0 radical (unpaired) electrons. The molecule has 7 nitrogen and oxygen atoms in total. The van der Waals surface area contributed by atoms with Gasteiger partial charge in [-0.05, 0) is 48.9 Å². The van der Waals surface area contributed by atoms with Gasteiger partial charge in [0.15, 0.2) is 0 Å². The first-order chi connectivity index (χ1) is 12.8. The number of nitrogens with zero attached hydrogens (tertiary/aromatic N) is 2. The molecule has 2 heterocycles. The molecule has 4 rings (SSSR count).